The third-order valence-electron chi connectivity index (χ3n) is 5.67. The monoisotopic (exact) mass is 322 g/mol. The van der Waals surface area contributed by atoms with Gasteiger partial charge in [0.05, 0.1) is 26.0 Å². The number of rotatable bonds is 7. The van der Waals surface area contributed by atoms with Gasteiger partial charge in [0, 0.05) is 39.8 Å². The summed E-state index contributed by atoms with van der Waals surface area (Å²) in [5.41, 5.74) is 0.420. The van der Waals surface area contributed by atoms with Crippen LogP contribution >= 0.6 is 0 Å². The minimum atomic E-state index is 0.420. The van der Waals surface area contributed by atoms with Gasteiger partial charge in [0.25, 0.3) is 0 Å². The highest BCUT2D eigenvalue weighted by molar-refractivity contribution is 5.02. The van der Waals surface area contributed by atoms with Crippen LogP contribution in [0.3, 0.4) is 0 Å². The van der Waals surface area contributed by atoms with Crippen molar-refractivity contribution in [1.29, 1.82) is 0 Å². The second-order valence-electron chi connectivity index (χ2n) is 7.10. The minimum absolute atomic E-state index is 0.420. The van der Waals surface area contributed by atoms with Crippen molar-refractivity contribution in [3.05, 3.63) is 24.2 Å². The molecule has 2 saturated heterocycles. The molecule has 2 aliphatic rings. The van der Waals surface area contributed by atoms with Crippen LogP contribution in [0.2, 0.25) is 0 Å². The molecule has 1 aromatic heterocycles. The van der Waals surface area contributed by atoms with Gasteiger partial charge in [0.15, 0.2) is 0 Å². The average Bonchev–Trinajstić information content (AvgIpc) is 3.17. The maximum Gasteiger partial charge on any atom is 0.117 e. The standard InChI is InChI=1S/C18H30N2O3/c1-21-11-9-20-12-16(14-22-2)18(15-20)5-7-19(8-6-18)13-17-4-3-10-23-17/h3-4,10,16H,5-9,11-15H2,1-2H3/t16-/m1/s1. The van der Waals surface area contributed by atoms with Gasteiger partial charge in [0.1, 0.15) is 5.76 Å². The van der Waals surface area contributed by atoms with Crippen LogP contribution in [0.25, 0.3) is 0 Å². The number of methoxy groups -OCH3 is 2. The number of furan rings is 1. The molecule has 0 amide bonds. The molecule has 0 saturated carbocycles. The quantitative estimate of drug-likeness (QED) is 0.768. The Balaban J connectivity index is 1.57. The molecule has 130 valence electrons. The molecule has 0 aliphatic carbocycles. The summed E-state index contributed by atoms with van der Waals surface area (Å²) in [6.07, 6.45) is 4.27. The van der Waals surface area contributed by atoms with Gasteiger partial charge in [-0.25, -0.2) is 0 Å². The summed E-state index contributed by atoms with van der Waals surface area (Å²) in [4.78, 5) is 5.08. The number of ether oxygens (including phenoxy) is 2. The smallest absolute Gasteiger partial charge is 0.117 e. The second-order valence-corrected chi connectivity index (χ2v) is 7.10. The Bertz CT molecular complexity index is 455. The summed E-state index contributed by atoms with van der Waals surface area (Å²) in [5, 5.41) is 0. The molecule has 1 aromatic rings. The molecule has 0 unspecified atom stereocenters. The van der Waals surface area contributed by atoms with E-state index in [1.165, 1.54) is 19.4 Å². The summed E-state index contributed by atoms with van der Waals surface area (Å²) in [6.45, 7) is 8.31. The fraction of sp³-hybridized carbons (Fsp3) is 0.778. The van der Waals surface area contributed by atoms with Crippen LogP contribution < -0.4 is 0 Å². The Morgan fingerprint density at radius 2 is 2.04 bits per heavy atom. The predicted octanol–water partition coefficient (Wildman–Crippen LogP) is 2.09. The largest absolute Gasteiger partial charge is 0.468 e. The maximum absolute atomic E-state index is 5.53. The summed E-state index contributed by atoms with van der Waals surface area (Å²) >= 11 is 0. The van der Waals surface area contributed by atoms with E-state index in [0.717, 1.165) is 51.7 Å². The lowest BCUT2D eigenvalue weighted by Crippen LogP contribution is -2.45. The molecule has 23 heavy (non-hydrogen) atoms. The summed E-state index contributed by atoms with van der Waals surface area (Å²) in [5.74, 6) is 1.72. The van der Waals surface area contributed by atoms with Crippen LogP contribution in [0.4, 0.5) is 0 Å². The first-order valence-electron chi connectivity index (χ1n) is 8.71. The third kappa shape index (κ3) is 3.97. The molecule has 1 atom stereocenters. The molecule has 0 bridgehead atoms. The van der Waals surface area contributed by atoms with E-state index >= 15 is 0 Å². The Hall–Kier alpha value is -0.880. The van der Waals surface area contributed by atoms with E-state index in [-0.39, 0.29) is 0 Å². The third-order valence-corrected chi connectivity index (χ3v) is 5.67. The van der Waals surface area contributed by atoms with Gasteiger partial charge in [-0.3, -0.25) is 4.90 Å². The van der Waals surface area contributed by atoms with E-state index < -0.39 is 0 Å². The Morgan fingerprint density at radius 1 is 1.22 bits per heavy atom. The average molecular weight is 322 g/mol. The highest BCUT2D eigenvalue weighted by Gasteiger charge is 2.47. The molecule has 5 nitrogen and oxygen atoms in total. The number of piperidine rings is 1. The van der Waals surface area contributed by atoms with Crippen molar-refractivity contribution >= 4 is 0 Å². The topological polar surface area (TPSA) is 38.1 Å². The highest BCUT2D eigenvalue weighted by atomic mass is 16.5. The van der Waals surface area contributed by atoms with Gasteiger partial charge in [0.2, 0.25) is 0 Å². The first-order valence-corrected chi connectivity index (χ1v) is 8.71. The van der Waals surface area contributed by atoms with E-state index in [0.29, 0.717) is 11.3 Å². The zero-order valence-electron chi connectivity index (χ0n) is 14.5. The molecular formula is C18H30N2O3. The highest BCUT2D eigenvalue weighted by Crippen LogP contribution is 2.44. The summed E-state index contributed by atoms with van der Waals surface area (Å²) in [6, 6.07) is 4.04. The van der Waals surface area contributed by atoms with Crippen LogP contribution in [0.1, 0.15) is 18.6 Å². The van der Waals surface area contributed by atoms with E-state index in [1.807, 2.05) is 13.2 Å². The molecule has 0 aromatic carbocycles. The molecule has 0 radical (unpaired) electrons. The Morgan fingerprint density at radius 3 is 2.70 bits per heavy atom. The van der Waals surface area contributed by atoms with Crippen LogP contribution in [0, 0.1) is 11.3 Å². The lowest BCUT2D eigenvalue weighted by molar-refractivity contribution is 0.0329. The van der Waals surface area contributed by atoms with Gasteiger partial charge in [-0.2, -0.15) is 0 Å². The van der Waals surface area contributed by atoms with Gasteiger partial charge < -0.3 is 18.8 Å². The first-order chi connectivity index (χ1) is 11.3. The van der Waals surface area contributed by atoms with Crippen LogP contribution in [0.5, 0.6) is 0 Å². The lowest BCUT2D eigenvalue weighted by Gasteiger charge is -2.42. The maximum atomic E-state index is 5.53. The zero-order chi connectivity index (χ0) is 16.1. The SMILES string of the molecule is COCCN1C[C@H](COC)C2(CCN(Cc3ccco3)CC2)C1. The first kappa shape index (κ1) is 17.0. The van der Waals surface area contributed by atoms with Crippen molar-refractivity contribution < 1.29 is 13.9 Å². The van der Waals surface area contributed by atoms with Crippen LogP contribution in [-0.4, -0.2) is 70.0 Å². The van der Waals surface area contributed by atoms with Crippen molar-refractivity contribution in [3.8, 4) is 0 Å². The van der Waals surface area contributed by atoms with E-state index in [9.17, 15) is 0 Å². The van der Waals surface area contributed by atoms with Crippen LogP contribution in [0.15, 0.2) is 22.8 Å². The Kier molecular flexibility index (Phi) is 5.75. The van der Waals surface area contributed by atoms with E-state index in [1.54, 1.807) is 13.4 Å². The van der Waals surface area contributed by atoms with Crippen molar-refractivity contribution in [2.45, 2.75) is 19.4 Å². The van der Waals surface area contributed by atoms with Crippen molar-refractivity contribution in [1.82, 2.24) is 9.80 Å². The fourth-order valence-corrected chi connectivity index (χ4v) is 4.31. The van der Waals surface area contributed by atoms with Gasteiger partial charge in [-0.15, -0.1) is 0 Å². The van der Waals surface area contributed by atoms with Crippen molar-refractivity contribution in [3.63, 3.8) is 0 Å². The fourth-order valence-electron chi connectivity index (χ4n) is 4.31. The molecule has 0 N–H and O–H groups in total. The lowest BCUT2D eigenvalue weighted by atomic mass is 9.71. The number of hydrogen-bond donors (Lipinski definition) is 0. The molecular weight excluding hydrogens is 292 g/mol. The Labute approximate surface area is 139 Å². The number of nitrogens with zero attached hydrogens (tertiary/aromatic N) is 2. The van der Waals surface area contributed by atoms with Crippen LogP contribution in [-0.2, 0) is 16.0 Å². The van der Waals surface area contributed by atoms with Crippen molar-refractivity contribution in [2.75, 3.05) is 60.2 Å². The van der Waals surface area contributed by atoms with Gasteiger partial charge >= 0.3 is 0 Å². The zero-order valence-corrected chi connectivity index (χ0v) is 14.5. The van der Waals surface area contributed by atoms with Gasteiger partial charge in [-0.1, -0.05) is 0 Å². The number of likely N-dealkylation sites (tertiary alicyclic amines) is 2. The molecule has 1 spiro atoms. The summed E-state index contributed by atoms with van der Waals surface area (Å²) < 4.78 is 16.3. The minimum Gasteiger partial charge on any atom is -0.468 e. The molecule has 2 fully saturated rings. The molecule has 2 aliphatic heterocycles. The summed E-state index contributed by atoms with van der Waals surface area (Å²) in [7, 11) is 3.61. The molecule has 3 rings (SSSR count). The number of hydrogen-bond acceptors (Lipinski definition) is 5. The second kappa shape index (κ2) is 7.79. The van der Waals surface area contributed by atoms with Gasteiger partial charge in [-0.05, 0) is 43.5 Å². The van der Waals surface area contributed by atoms with E-state index in [2.05, 4.69) is 15.9 Å². The normalized spacial score (nSPS) is 25.4. The molecule has 5 heteroatoms. The van der Waals surface area contributed by atoms with Crippen molar-refractivity contribution in [2.24, 2.45) is 11.3 Å². The van der Waals surface area contributed by atoms with E-state index in [4.69, 9.17) is 13.9 Å². The molecule has 3 heterocycles. The predicted molar refractivity (Wildman–Crippen MR) is 89.3 cm³/mol.